The average molecular weight is 435 g/mol. The number of hydrogen-bond acceptors (Lipinski definition) is 3. The number of aryl methyl sites for hydroxylation is 2. The fourth-order valence-electron chi connectivity index (χ4n) is 3.54. The van der Waals surface area contributed by atoms with E-state index in [9.17, 15) is 4.79 Å². The first-order valence-electron chi connectivity index (χ1n) is 10.1. The molecule has 29 heavy (non-hydrogen) atoms. The van der Waals surface area contributed by atoms with Crippen LogP contribution >= 0.6 is 23.2 Å². The van der Waals surface area contributed by atoms with Gasteiger partial charge in [-0.15, -0.1) is 0 Å². The molecule has 0 aromatic heterocycles. The summed E-state index contributed by atoms with van der Waals surface area (Å²) in [6.07, 6.45) is 1.73. The predicted octanol–water partition coefficient (Wildman–Crippen LogP) is 5.02. The molecule has 1 heterocycles. The maximum atomic E-state index is 12.4. The number of likely N-dealkylation sites (tertiary alicyclic amines) is 1. The molecule has 1 fully saturated rings. The second-order valence-electron chi connectivity index (χ2n) is 7.68. The summed E-state index contributed by atoms with van der Waals surface area (Å²) < 4.78 is 5.74. The van der Waals surface area contributed by atoms with Crippen molar-refractivity contribution < 1.29 is 9.53 Å². The Bertz CT molecular complexity index is 849. The number of rotatable bonds is 7. The minimum absolute atomic E-state index is 0.0710. The Kier molecular flexibility index (Phi) is 7.82. The molecule has 6 heteroatoms. The third kappa shape index (κ3) is 6.36. The monoisotopic (exact) mass is 434 g/mol. The highest BCUT2D eigenvalue weighted by atomic mass is 35.5. The van der Waals surface area contributed by atoms with Crippen LogP contribution in [-0.2, 0) is 11.3 Å². The standard InChI is InChI=1S/C23H28Cl2N2O2/c1-16-3-5-20(13-17(16)2)29-12-9-26-23(28)19-7-10-27(11-8-19)15-18-4-6-21(24)22(25)14-18/h3-6,13-14,19H,7-12,15H2,1-2H3,(H,26,28). The zero-order chi connectivity index (χ0) is 20.8. The molecule has 156 valence electrons. The van der Waals surface area contributed by atoms with Crippen molar-refractivity contribution in [2.75, 3.05) is 26.2 Å². The summed E-state index contributed by atoms with van der Waals surface area (Å²) in [6.45, 7) is 7.77. The molecule has 2 aromatic carbocycles. The molecular formula is C23H28Cl2N2O2. The Morgan fingerprint density at radius 2 is 1.83 bits per heavy atom. The number of nitrogens with one attached hydrogen (secondary N) is 1. The average Bonchev–Trinajstić information content (AvgIpc) is 2.71. The number of amides is 1. The summed E-state index contributed by atoms with van der Waals surface area (Å²) >= 11 is 12.1. The lowest BCUT2D eigenvalue weighted by atomic mass is 9.95. The maximum Gasteiger partial charge on any atom is 0.223 e. The topological polar surface area (TPSA) is 41.6 Å². The fourth-order valence-corrected chi connectivity index (χ4v) is 3.86. The third-order valence-electron chi connectivity index (χ3n) is 5.50. The van der Waals surface area contributed by atoms with Gasteiger partial charge in [-0.05, 0) is 80.7 Å². The summed E-state index contributed by atoms with van der Waals surface area (Å²) in [4.78, 5) is 14.8. The first-order chi connectivity index (χ1) is 13.9. The van der Waals surface area contributed by atoms with E-state index in [0.29, 0.717) is 23.2 Å². The van der Waals surface area contributed by atoms with Gasteiger partial charge < -0.3 is 10.1 Å². The summed E-state index contributed by atoms with van der Waals surface area (Å²) in [6, 6.07) is 11.8. The van der Waals surface area contributed by atoms with E-state index >= 15 is 0 Å². The van der Waals surface area contributed by atoms with Crippen LogP contribution in [0, 0.1) is 19.8 Å². The van der Waals surface area contributed by atoms with Gasteiger partial charge in [-0.25, -0.2) is 0 Å². The Balaban J connectivity index is 1.36. The van der Waals surface area contributed by atoms with E-state index in [-0.39, 0.29) is 11.8 Å². The molecule has 0 radical (unpaired) electrons. The van der Waals surface area contributed by atoms with Crippen LogP contribution in [0.1, 0.15) is 29.5 Å². The van der Waals surface area contributed by atoms with Gasteiger partial charge in [0.2, 0.25) is 5.91 Å². The van der Waals surface area contributed by atoms with Crippen LogP contribution in [0.3, 0.4) is 0 Å². The van der Waals surface area contributed by atoms with Gasteiger partial charge in [-0.2, -0.15) is 0 Å². The molecule has 0 spiro atoms. The number of carbonyl (C=O) groups is 1. The summed E-state index contributed by atoms with van der Waals surface area (Å²) in [7, 11) is 0. The normalized spacial score (nSPS) is 15.3. The Morgan fingerprint density at radius 3 is 2.52 bits per heavy atom. The van der Waals surface area contributed by atoms with Gasteiger partial charge >= 0.3 is 0 Å². The molecule has 4 nitrogen and oxygen atoms in total. The number of nitrogens with zero attached hydrogens (tertiary/aromatic N) is 1. The number of benzene rings is 2. The van der Waals surface area contributed by atoms with Crippen LogP contribution in [0.15, 0.2) is 36.4 Å². The highest BCUT2D eigenvalue weighted by Crippen LogP contribution is 2.25. The van der Waals surface area contributed by atoms with Gasteiger partial charge in [0, 0.05) is 12.5 Å². The predicted molar refractivity (Wildman–Crippen MR) is 119 cm³/mol. The number of carbonyl (C=O) groups excluding carboxylic acids is 1. The second-order valence-corrected chi connectivity index (χ2v) is 8.50. The van der Waals surface area contributed by atoms with Gasteiger partial charge in [-0.3, -0.25) is 9.69 Å². The molecule has 0 bridgehead atoms. The lowest BCUT2D eigenvalue weighted by Gasteiger charge is -2.31. The smallest absolute Gasteiger partial charge is 0.223 e. The van der Waals surface area contributed by atoms with Crippen molar-refractivity contribution >= 4 is 29.1 Å². The molecule has 1 saturated heterocycles. The van der Waals surface area contributed by atoms with Crippen LogP contribution < -0.4 is 10.1 Å². The zero-order valence-electron chi connectivity index (χ0n) is 17.0. The van der Waals surface area contributed by atoms with E-state index in [1.54, 1.807) is 0 Å². The van der Waals surface area contributed by atoms with E-state index in [2.05, 4.69) is 30.1 Å². The van der Waals surface area contributed by atoms with Gasteiger partial charge in [-0.1, -0.05) is 35.3 Å². The highest BCUT2D eigenvalue weighted by Gasteiger charge is 2.24. The van der Waals surface area contributed by atoms with E-state index in [1.165, 1.54) is 11.1 Å². The van der Waals surface area contributed by atoms with Crippen molar-refractivity contribution in [2.45, 2.75) is 33.2 Å². The molecule has 1 amide bonds. The van der Waals surface area contributed by atoms with Gasteiger partial charge in [0.05, 0.1) is 16.6 Å². The highest BCUT2D eigenvalue weighted by molar-refractivity contribution is 6.42. The van der Waals surface area contributed by atoms with Gasteiger partial charge in [0.1, 0.15) is 12.4 Å². The fraction of sp³-hybridized carbons (Fsp3) is 0.435. The number of hydrogen-bond donors (Lipinski definition) is 1. The van der Waals surface area contributed by atoms with Gasteiger partial charge in [0.15, 0.2) is 0 Å². The molecule has 1 aliphatic rings. The number of ether oxygens (including phenoxy) is 1. The Morgan fingerprint density at radius 1 is 1.07 bits per heavy atom. The molecule has 1 N–H and O–H groups in total. The molecule has 1 aliphatic heterocycles. The molecule has 0 atom stereocenters. The lowest BCUT2D eigenvalue weighted by Crippen LogP contribution is -2.41. The van der Waals surface area contributed by atoms with Crippen LogP contribution in [0.2, 0.25) is 10.0 Å². The Labute approximate surface area is 183 Å². The maximum absolute atomic E-state index is 12.4. The van der Waals surface area contributed by atoms with Crippen molar-refractivity contribution in [3.63, 3.8) is 0 Å². The largest absolute Gasteiger partial charge is 0.492 e. The molecule has 2 aromatic rings. The molecule has 3 rings (SSSR count). The second kappa shape index (κ2) is 10.3. The van der Waals surface area contributed by atoms with Crippen LogP contribution in [0.25, 0.3) is 0 Å². The third-order valence-corrected chi connectivity index (χ3v) is 6.24. The SMILES string of the molecule is Cc1ccc(OCCNC(=O)C2CCN(Cc3ccc(Cl)c(Cl)c3)CC2)cc1C. The number of halogens is 2. The Hall–Kier alpha value is -1.75. The lowest BCUT2D eigenvalue weighted by molar-refractivity contribution is -0.126. The molecule has 0 aliphatic carbocycles. The van der Waals surface area contributed by atoms with Crippen LogP contribution in [-0.4, -0.2) is 37.0 Å². The van der Waals surface area contributed by atoms with E-state index in [0.717, 1.165) is 43.8 Å². The molecular weight excluding hydrogens is 407 g/mol. The zero-order valence-corrected chi connectivity index (χ0v) is 18.5. The van der Waals surface area contributed by atoms with Crippen molar-refractivity contribution in [1.82, 2.24) is 10.2 Å². The van der Waals surface area contributed by atoms with E-state index in [4.69, 9.17) is 27.9 Å². The first-order valence-corrected chi connectivity index (χ1v) is 10.8. The minimum atomic E-state index is 0.0710. The van der Waals surface area contributed by atoms with Crippen molar-refractivity contribution in [3.05, 3.63) is 63.1 Å². The van der Waals surface area contributed by atoms with E-state index in [1.807, 2.05) is 30.3 Å². The number of piperidine rings is 1. The quantitative estimate of drug-likeness (QED) is 0.622. The molecule has 0 saturated carbocycles. The first kappa shape index (κ1) is 21.9. The molecule has 0 unspecified atom stereocenters. The van der Waals surface area contributed by atoms with E-state index < -0.39 is 0 Å². The van der Waals surface area contributed by atoms with Crippen LogP contribution in [0.4, 0.5) is 0 Å². The van der Waals surface area contributed by atoms with Crippen molar-refractivity contribution in [1.29, 1.82) is 0 Å². The minimum Gasteiger partial charge on any atom is -0.492 e. The van der Waals surface area contributed by atoms with Crippen molar-refractivity contribution in [3.8, 4) is 5.75 Å². The van der Waals surface area contributed by atoms with Crippen LogP contribution in [0.5, 0.6) is 5.75 Å². The summed E-state index contributed by atoms with van der Waals surface area (Å²) in [5.41, 5.74) is 3.60. The van der Waals surface area contributed by atoms with Crippen molar-refractivity contribution in [2.24, 2.45) is 5.92 Å². The van der Waals surface area contributed by atoms with Gasteiger partial charge in [0.25, 0.3) is 0 Å². The summed E-state index contributed by atoms with van der Waals surface area (Å²) in [5.74, 6) is 1.04. The summed E-state index contributed by atoms with van der Waals surface area (Å²) in [5, 5.41) is 4.17.